The molecule has 0 heterocycles. The molecule has 0 saturated carbocycles. The average molecular weight is 136 g/mol. The van der Waals surface area contributed by atoms with Crippen molar-refractivity contribution in [1.82, 2.24) is 0 Å². The van der Waals surface area contributed by atoms with Crippen LogP contribution in [0.2, 0.25) is 0 Å². The molecule has 0 spiro atoms. The molecule has 0 fully saturated rings. The van der Waals surface area contributed by atoms with Crippen molar-refractivity contribution in [2.45, 2.75) is 19.8 Å². The Kier molecular flexibility index (Phi) is 12.5. The van der Waals surface area contributed by atoms with Gasteiger partial charge in [0, 0.05) is 0 Å². The molecule has 9 heavy (non-hydrogen) atoms. The van der Waals surface area contributed by atoms with Crippen molar-refractivity contribution < 1.29 is 10.8 Å². The molecule has 0 aliphatic rings. The van der Waals surface area contributed by atoms with E-state index in [0.717, 1.165) is 6.54 Å². The van der Waals surface area contributed by atoms with Gasteiger partial charge in [-0.05, 0) is 6.42 Å². The van der Waals surface area contributed by atoms with Crippen molar-refractivity contribution in [3.05, 3.63) is 15.3 Å². The monoisotopic (exact) mass is 136 g/mol. The Bertz CT molecular complexity index is 60.8. The van der Waals surface area contributed by atoms with Crippen LogP contribution < -0.4 is 5.73 Å². The smallest absolute Gasteiger partial charge is 0.0739 e. The number of unbranched alkanes of at least 4 members (excludes halogenated alkanes) is 1. The highest BCUT2D eigenvalue weighted by Gasteiger charge is 1.71. The van der Waals surface area contributed by atoms with Crippen molar-refractivity contribution in [3.63, 3.8) is 0 Å². The zero-order chi connectivity index (χ0) is 7.70. The lowest BCUT2D eigenvalue weighted by Gasteiger charge is -1.77. The SMILES string of the molecule is CCCC[NH3+].O=[N+]([O-])[O-]. The molecular weight excluding hydrogens is 124 g/mol. The number of rotatable bonds is 2. The molecule has 0 unspecified atom stereocenters. The first-order valence-electron chi connectivity index (χ1n) is 2.75. The Labute approximate surface area is 53.6 Å². The fourth-order valence-corrected chi connectivity index (χ4v) is 0.250. The molecule has 5 nitrogen and oxygen atoms in total. The second-order valence-corrected chi connectivity index (χ2v) is 1.43. The third kappa shape index (κ3) is 142. The number of nitrogens with zero attached hydrogens (tertiary/aromatic N) is 1. The molecule has 0 amide bonds. The number of quaternary nitrogens is 1. The summed E-state index contributed by atoms with van der Waals surface area (Å²) >= 11 is 0. The molecule has 0 aromatic rings. The fourth-order valence-electron chi connectivity index (χ4n) is 0.250. The third-order valence-electron chi connectivity index (χ3n) is 0.604. The Balaban J connectivity index is 0. The molecule has 0 bridgehead atoms. The highest BCUT2D eigenvalue weighted by atomic mass is 16.9. The van der Waals surface area contributed by atoms with Gasteiger partial charge in [-0.1, -0.05) is 13.3 Å². The summed E-state index contributed by atoms with van der Waals surface area (Å²) in [5.41, 5.74) is 3.68. The number of hydrogen-bond acceptors (Lipinski definition) is 3. The maximum atomic E-state index is 8.25. The predicted octanol–water partition coefficient (Wildman–Crippen LogP) is -0.211. The van der Waals surface area contributed by atoms with Crippen LogP contribution in [0.4, 0.5) is 0 Å². The van der Waals surface area contributed by atoms with Gasteiger partial charge in [0.25, 0.3) is 0 Å². The molecule has 0 saturated heterocycles. The third-order valence-corrected chi connectivity index (χ3v) is 0.604. The second-order valence-electron chi connectivity index (χ2n) is 1.43. The maximum absolute atomic E-state index is 8.25. The van der Waals surface area contributed by atoms with Crippen LogP contribution in [0.25, 0.3) is 0 Å². The van der Waals surface area contributed by atoms with Gasteiger partial charge < -0.3 is 21.1 Å². The summed E-state index contributed by atoms with van der Waals surface area (Å²) in [7, 11) is 0. The van der Waals surface area contributed by atoms with Gasteiger partial charge in [-0.2, -0.15) is 0 Å². The fraction of sp³-hybridized carbons (Fsp3) is 1.00. The van der Waals surface area contributed by atoms with Crippen LogP contribution in [0.3, 0.4) is 0 Å². The zero-order valence-corrected chi connectivity index (χ0v) is 5.50. The molecule has 0 atom stereocenters. The van der Waals surface area contributed by atoms with E-state index < -0.39 is 5.09 Å². The maximum Gasteiger partial charge on any atom is 0.0739 e. The van der Waals surface area contributed by atoms with E-state index in [2.05, 4.69) is 12.7 Å². The quantitative estimate of drug-likeness (QED) is 0.420. The normalized spacial score (nSPS) is 7.33. The van der Waals surface area contributed by atoms with Crippen molar-refractivity contribution in [3.8, 4) is 0 Å². The van der Waals surface area contributed by atoms with Crippen molar-refractivity contribution in [1.29, 1.82) is 0 Å². The van der Waals surface area contributed by atoms with Crippen molar-refractivity contribution in [2.75, 3.05) is 6.54 Å². The first-order valence-corrected chi connectivity index (χ1v) is 2.75. The highest BCUT2D eigenvalue weighted by molar-refractivity contribution is 4.21. The Morgan fingerprint density at radius 1 is 1.56 bits per heavy atom. The van der Waals surface area contributed by atoms with Crippen LogP contribution in [-0.4, -0.2) is 11.6 Å². The Morgan fingerprint density at radius 2 is 1.89 bits per heavy atom. The van der Waals surface area contributed by atoms with E-state index in [0.29, 0.717) is 0 Å². The van der Waals surface area contributed by atoms with Crippen molar-refractivity contribution in [2.24, 2.45) is 0 Å². The Morgan fingerprint density at radius 3 is 1.89 bits per heavy atom. The second kappa shape index (κ2) is 10.2. The molecule has 56 valence electrons. The van der Waals surface area contributed by atoms with Gasteiger partial charge in [-0.15, -0.1) is 0 Å². The van der Waals surface area contributed by atoms with Gasteiger partial charge in [0.15, 0.2) is 0 Å². The molecule has 0 rings (SSSR count). The Hall–Kier alpha value is -0.840. The molecule has 0 aromatic carbocycles. The van der Waals surface area contributed by atoms with Crippen LogP contribution in [0.1, 0.15) is 19.8 Å². The lowest BCUT2D eigenvalue weighted by molar-refractivity contribution is -0.402. The van der Waals surface area contributed by atoms with E-state index in [1.54, 1.807) is 0 Å². The minimum atomic E-state index is -1.75. The lowest BCUT2D eigenvalue weighted by Crippen LogP contribution is -2.49. The largest absolute Gasteiger partial charge is 0.358 e. The minimum absolute atomic E-state index is 1.09. The van der Waals surface area contributed by atoms with Gasteiger partial charge in [-0.3, -0.25) is 0 Å². The molecular formula is C4H12N2O3. The minimum Gasteiger partial charge on any atom is -0.358 e. The van der Waals surface area contributed by atoms with Crippen LogP contribution in [0.15, 0.2) is 0 Å². The standard InChI is InChI=1S/C4H11N.NO3/c1-2-3-4-5;2-1(3)4/h2-5H2,1H3;/q;-1/p+1. The zero-order valence-electron chi connectivity index (χ0n) is 5.50. The van der Waals surface area contributed by atoms with Gasteiger partial charge in [-0.25, -0.2) is 0 Å². The predicted molar refractivity (Wildman–Crippen MR) is 33.0 cm³/mol. The van der Waals surface area contributed by atoms with E-state index in [9.17, 15) is 0 Å². The van der Waals surface area contributed by atoms with E-state index in [1.807, 2.05) is 0 Å². The van der Waals surface area contributed by atoms with Gasteiger partial charge >= 0.3 is 0 Å². The first kappa shape index (κ1) is 11.0. The number of hydrogen-bond donors (Lipinski definition) is 1. The van der Waals surface area contributed by atoms with E-state index in [1.165, 1.54) is 12.8 Å². The molecule has 5 heteroatoms. The van der Waals surface area contributed by atoms with E-state index >= 15 is 0 Å². The van der Waals surface area contributed by atoms with Crippen LogP contribution >= 0.6 is 0 Å². The average Bonchev–Trinajstić information content (AvgIpc) is 1.66. The van der Waals surface area contributed by atoms with Gasteiger partial charge in [0.2, 0.25) is 0 Å². The van der Waals surface area contributed by atoms with Crippen molar-refractivity contribution >= 4 is 0 Å². The van der Waals surface area contributed by atoms with Gasteiger partial charge in [0.05, 0.1) is 11.6 Å². The summed E-state index contributed by atoms with van der Waals surface area (Å²) < 4.78 is 0. The van der Waals surface area contributed by atoms with Crippen LogP contribution in [0.5, 0.6) is 0 Å². The molecule has 0 aliphatic carbocycles. The topological polar surface area (TPSA) is 93.8 Å². The summed E-state index contributed by atoms with van der Waals surface area (Å²) in [6, 6.07) is 0. The molecule has 0 aliphatic heterocycles. The summed E-state index contributed by atoms with van der Waals surface area (Å²) in [5.74, 6) is 0. The lowest BCUT2D eigenvalue weighted by atomic mass is 10.3. The first-order chi connectivity index (χ1) is 4.15. The molecule has 0 radical (unpaired) electrons. The van der Waals surface area contributed by atoms with E-state index in [-0.39, 0.29) is 0 Å². The summed E-state index contributed by atoms with van der Waals surface area (Å²) in [4.78, 5) is 8.25. The highest BCUT2D eigenvalue weighted by Crippen LogP contribution is 1.75. The summed E-state index contributed by atoms with van der Waals surface area (Å²) in [6.45, 7) is 3.27. The molecule has 0 aromatic heterocycles. The summed E-state index contributed by atoms with van der Waals surface area (Å²) in [5, 5.41) is 14.8. The van der Waals surface area contributed by atoms with E-state index in [4.69, 9.17) is 15.3 Å². The molecule has 3 N–H and O–H groups in total. The van der Waals surface area contributed by atoms with Gasteiger partial charge in [0.1, 0.15) is 0 Å². The van der Waals surface area contributed by atoms with Crippen LogP contribution in [0, 0.1) is 15.3 Å². The summed E-state index contributed by atoms with van der Waals surface area (Å²) in [6.07, 6.45) is 2.56. The van der Waals surface area contributed by atoms with Crippen LogP contribution in [-0.2, 0) is 0 Å².